The molecule has 218 valence electrons. The van der Waals surface area contributed by atoms with Gasteiger partial charge in [-0.2, -0.15) is 13.2 Å². The lowest BCUT2D eigenvalue weighted by molar-refractivity contribution is -0.146. The van der Waals surface area contributed by atoms with Crippen LogP contribution in [0.15, 0.2) is 24.3 Å². The SMILES string of the molecule is CCCCCCCCCCCCCCCCCOC(=O)C(CC(C)C)NC(=O)c1ccccc1C(F)(F)F. The van der Waals surface area contributed by atoms with Gasteiger partial charge in [-0.3, -0.25) is 4.79 Å². The molecular formula is C31H50F3NO3. The van der Waals surface area contributed by atoms with Gasteiger partial charge in [-0.05, 0) is 30.9 Å². The molecule has 0 aliphatic rings. The minimum Gasteiger partial charge on any atom is -0.464 e. The molecule has 1 unspecified atom stereocenters. The van der Waals surface area contributed by atoms with Gasteiger partial charge in [0.25, 0.3) is 5.91 Å². The van der Waals surface area contributed by atoms with E-state index in [9.17, 15) is 22.8 Å². The van der Waals surface area contributed by atoms with Crippen LogP contribution in [0.3, 0.4) is 0 Å². The van der Waals surface area contributed by atoms with Crippen LogP contribution < -0.4 is 5.32 Å². The summed E-state index contributed by atoms with van der Waals surface area (Å²) in [5.41, 5.74) is -1.52. The lowest BCUT2D eigenvalue weighted by atomic mass is 10.0. The highest BCUT2D eigenvalue weighted by atomic mass is 19.4. The van der Waals surface area contributed by atoms with Crippen LogP contribution in [-0.4, -0.2) is 24.5 Å². The summed E-state index contributed by atoms with van der Waals surface area (Å²) in [5, 5.41) is 2.47. The van der Waals surface area contributed by atoms with Gasteiger partial charge in [0.15, 0.2) is 0 Å². The highest BCUT2D eigenvalue weighted by Crippen LogP contribution is 2.32. The first kappa shape index (κ1) is 34.0. The van der Waals surface area contributed by atoms with Gasteiger partial charge in [-0.25, -0.2) is 4.79 Å². The van der Waals surface area contributed by atoms with E-state index in [4.69, 9.17) is 4.74 Å². The molecule has 0 aliphatic heterocycles. The Bertz CT molecular complexity index is 780. The van der Waals surface area contributed by atoms with E-state index >= 15 is 0 Å². The Morgan fingerprint density at radius 1 is 0.789 bits per heavy atom. The van der Waals surface area contributed by atoms with E-state index in [1.54, 1.807) is 0 Å². The monoisotopic (exact) mass is 541 g/mol. The van der Waals surface area contributed by atoms with Crippen LogP contribution in [0.25, 0.3) is 0 Å². The first-order chi connectivity index (χ1) is 18.2. The number of unbranched alkanes of at least 4 members (excludes halogenated alkanes) is 14. The fraction of sp³-hybridized carbons (Fsp3) is 0.742. The number of amides is 1. The molecule has 0 radical (unpaired) electrons. The fourth-order valence-electron chi connectivity index (χ4n) is 4.60. The number of ether oxygens (including phenoxy) is 1. The molecular weight excluding hydrogens is 491 g/mol. The summed E-state index contributed by atoms with van der Waals surface area (Å²) < 4.78 is 45.2. The second-order valence-electron chi connectivity index (χ2n) is 10.8. The van der Waals surface area contributed by atoms with Crippen molar-refractivity contribution in [2.75, 3.05) is 6.61 Å². The van der Waals surface area contributed by atoms with Crippen molar-refractivity contribution in [2.24, 2.45) is 5.92 Å². The number of carbonyl (C=O) groups excluding carboxylic acids is 2. The molecule has 1 aromatic carbocycles. The Morgan fingerprint density at radius 2 is 1.26 bits per heavy atom. The number of benzene rings is 1. The summed E-state index contributed by atoms with van der Waals surface area (Å²) in [5.74, 6) is -1.47. The number of halogens is 3. The summed E-state index contributed by atoms with van der Waals surface area (Å²) in [4.78, 5) is 25.2. The highest BCUT2D eigenvalue weighted by molar-refractivity contribution is 5.98. The smallest absolute Gasteiger partial charge is 0.417 e. The van der Waals surface area contributed by atoms with Gasteiger partial charge in [-0.15, -0.1) is 0 Å². The van der Waals surface area contributed by atoms with E-state index in [0.717, 1.165) is 31.4 Å². The molecule has 38 heavy (non-hydrogen) atoms. The summed E-state index contributed by atoms with van der Waals surface area (Å²) in [6.45, 7) is 6.26. The molecule has 0 fully saturated rings. The molecule has 0 spiro atoms. The number of nitrogens with one attached hydrogen (secondary N) is 1. The molecule has 0 saturated heterocycles. The van der Waals surface area contributed by atoms with E-state index in [-0.39, 0.29) is 18.9 Å². The van der Waals surface area contributed by atoms with Gasteiger partial charge in [0.1, 0.15) is 6.04 Å². The van der Waals surface area contributed by atoms with Crippen LogP contribution in [0, 0.1) is 5.92 Å². The van der Waals surface area contributed by atoms with Gasteiger partial charge >= 0.3 is 12.1 Å². The minimum absolute atomic E-state index is 0.0523. The summed E-state index contributed by atoms with van der Waals surface area (Å²) in [6, 6.07) is 3.60. The number of rotatable bonds is 21. The number of hydrogen-bond acceptors (Lipinski definition) is 3. The molecule has 4 nitrogen and oxygen atoms in total. The van der Waals surface area contributed by atoms with E-state index in [1.165, 1.54) is 89.2 Å². The molecule has 1 atom stereocenters. The zero-order valence-corrected chi connectivity index (χ0v) is 23.8. The molecule has 0 saturated carbocycles. The number of carbonyl (C=O) groups is 2. The first-order valence-corrected chi connectivity index (χ1v) is 14.8. The van der Waals surface area contributed by atoms with Crippen molar-refractivity contribution < 1.29 is 27.5 Å². The van der Waals surface area contributed by atoms with Gasteiger partial charge in [0, 0.05) is 0 Å². The zero-order chi connectivity index (χ0) is 28.2. The lowest BCUT2D eigenvalue weighted by Crippen LogP contribution is -2.43. The third-order valence-electron chi connectivity index (χ3n) is 6.77. The number of alkyl halides is 3. The van der Waals surface area contributed by atoms with Crippen LogP contribution in [0.5, 0.6) is 0 Å². The maximum atomic E-state index is 13.3. The average molecular weight is 542 g/mol. The minimum atomic E-state index is -4.66. The molecule has 1 amide bonds. The quantitative estimate of drug-likeness (QED) is 0.125. The van der Waals surface area contributed by atoms with E-state index in [2.05, 4.69) is 12.2 Å². The van der Waals surface area contributed by atoms with Crippen molar-refractivity contribution in [3.63, 3.8) is 0 Å². The topological polar surface area (TPSA) is 55.4 Å². The summed E-state index contributed by atoms with van der Waals surface area (Å²) >= 11 is 0. The molecule has 1 aromatic rings. The lowest BCUT2D eigenvalue weighted by Gasteiger charge is -2.20. The Morgan fingerprint density at radius 3 is 1.74 bits per heavy atom. The second-order valence-corrected chi connectivity index (χ2v) is 10.8. The van der Waals surface area contributed by atoms with E-state index in [1.807, 2.05) is 13.8 Å². The van der Waals surface area contributed by atoms with Gasteiger partial charge in [0.05, 0.1) is 17.7 Å². The predicted octanol–water partition coefficient (Wildman–Crippen LogP) is 9.26. The maximum absolute atomic E-state index is 13.3. The van der Waals surface area contributed by atoms with Gasteiger partial charge in [0.2, 0.25) is 0 Å². The third-order valence-corrected chi connectivity index (χ3v) is 6.77. The maximum Gasteiger partial charge on any atom is 0.417 e. The molecule has 0 heterocycles. The Balaban J connectivity index is 2.25. The molecule has 0 bridgehead atoms. The van der Waals surface area contributed by atoms with Crippen LogP contribution in [0.2, 0.25) is 0 Å². The van der Waals surface area contributed by atoms with Crippen LogP contribution in [0.4, 0.5) is 13.2 Å². The molecule has 0 aromatic heterocycles. The van der Waals surface area contributed by atoms with E-state index < -0.39 is 35.2 Å². The Labute approximate surface area is 228 Å². The van der Waals surface area contributed by atoms with Crippen molar-refractivity contribution in [2.45, 2.75) is 136 Å². The first-order valence-electron chi connectivity index (χ1n) is 14.8. The Kier molecular flexibility index (Phi) is 17.8. The van der Waals surface area contributed by atoms with Crippen LogP contribution in [-0.2, 0) is 15.7 Å². The zero-order valence-electron chi connectivity index (χ0n) is 23.8. The highest BCUT2D eigenvalue weighted by Gasteiger charge is 2.35. The van der Waals surface area contributed by atoms with E-state index in [0.29, 0.717) is 0 Å². The van der Waals surface area contributed by atoms with Crippen LogP contribution in [0.1, 0.15) is 139 Å². The van der Waals surface area contributed by atoms with Crippen molar-refractivity contribution in [1.29, 1.82) is 0 Å². The van der Waals surface area contributed by atoms with Crippen LogP contribution >= 0.6 is 0 Å². The van der Waals surface area contributed by atoms with Crippen molar-refractivity contribution in [3.8, 4) is 0 Å². The van der Waals surface area contributed by atoms with Crippen molar-refractivity contribution >= 4 is 11.9 Å². The summed E-state index contributed by atoms with van der Waals surface area (Å²) in [7, 11) is 0. The van der Waals surface area contributed by atoms with Gasteiger partial charge in [-0.1, -0.05) is 123 Å². The normalized spacial score (nSPS) is 12.5. The standard InChI is InChI=1S/C31H50F3NO3/c1-4-5-6-7-8-9-10-11-12-13-14-15-16-17-20-23-38-30(37)28(24-25(2)3)35-29(36)26-21-18-19-22-27(26)31(32,33)34/h18-19,21-22,25,28H,4-17,20,23-24H2,1-3H3,(H,35,36). The molecule has 1 N–H and O–H groups in total. The largest absolute Gasteiger partial charge is 0.464 e. The molecule has 7 heteroatoms. The van der Waals surface area contributed by atoms with Gasteiger partial charge < -0.3 is 10.1 Å². The van der Waals surface area contributed by atoms with Crippen molar-refractivity contribution in [1.82, 2.24) is 5.32 Å². The Hall–Kier alpha value is -2.05. The summed E-state index contributed by atoms with van der Waals surface area (Å²) in [6.07, 6.45) is 14.3. The number of esters is 1. The molecule has 0 aliphatic carbocycles. The number of hydrogen-bond donors (Lipinski definition) is 1. The second kappa shape index (κ2) is 19.9. The average Bonchev–Trinajstić information content (AvgIpc) is 2.87. The third kappa shape index (κ3) is 15.4. The van der Waals surface area contributed by atoms with Crippen molar-refractivity contribution in [3.05, 3.63) is 35.4 Å². The predicted molar refractivity (Wildman–Crippen MR) is 148 cm³/mol. The fourth-order valence-corrected chi connectivity index (χ4v) is 4.60. The molecule has 1 rings (SSSR count).